The molecule has 0 radical (unpaired) electrons. The molecule has 0 fully saturated rings. The summed E-state index contributed by atoms with van der Waals surface area (Å²) in [6, 6.07) is 42.9. The molecule has 6 aromatic rings. The molecule has 0 atom stereocenters. The number of hydrogen-bond acceptors (Lipinski definition) is 5. The number of nitriles is 1. The van der Waals surface area contributed by atoms with Gasteiger partial charge in [-0.2, -0.15) is 10.4 Å². The number of thioether (sulfide) groups is 1. The Kier molecular flexibility index (Phi) is 7.07. The van der Waals surface area contributed by atoms with Crippen LogP contribution in [0.25, 0.3) is 22.5 Å². The topological polar surface area (TPSA) is 87.4 Å². The van der Waals surface area contributed by atoms with Crippen molar-refractivity contribution in [2.24, 2.45) is 0 Å². The van der Waals surface area contributed by atoms with E-state index in [9.17, 15) is 10.1 Å². The summed E-state index contributed by atoms with van der Waals surface area (Å²) in [5.41, 5.74) is 4.91. The van der Waals surface area contributed by atoms with Crippen molar-refractivity contribution < 1.29 is 0 Å². The third-order valence-electron chi connectivity index (χ3n) is 7.16. The van der Waals surface area contributed by atoms with Gasteiger partial charge in [-0.25, -0.2) is 4.98 Å². The van der Waals surface area contributed by atoms with Crippen LogP contribution in [0.15, 0.2) is 137 Å². The lowest BCUT2D eigenvalue weighted by molar-refractivity contribution is 0.461. The van der Waals surface area contributed by atoms with Gasteiger partial charge in [0, 0.05) is 17.3 Å². The van der Waals surface area contributed by atoms with Crippen LogP contribution in [0, 0.1) is 11.3 Å². The fourth-order valence-corrected chi connectivity index (χ4v) is 5.64. The van der Waals surface area contributed by atoms with Gasteiger partial charge in [0.1, 0.15) is 17.2 Å². The van der Waals surface area contributed by atoms with E-state index in [1.807, 2.05) is 71.7 Å². The fraction of sp³-hybridized carbons (Fsp3) is 0.0588. The third kappa shape index (κ3) is 4.65. The van der Waals surface area contributed by atoms with E-state index in [2.05, 4.69) is 82.8 Å². The van der Waals surface area contributed by atoms with Crippen molar-refractivity contribution in [1.82, 2.24) is 19.7 Å². The van der Waals surface area contributed by atoms with Crippen molar-refractivity contribution in [2.45, 2.75) is 10.7 Å². The summed E-state index contributed by atoms with van der Waals surface area (Å²) >= 11 is 1.32. The first-order valence-electron chi connectivity index (χ1n) is 13.1. The SMILES string of the molecule is CSc1nc(-c2ccc(-c3ccn(C(c4ccccc4)(c4ccccc4)c4ccccc4)n3)cc2)c(C#N)c(=O)[nH]1. The second-order valence-electron chi connectivity index (χ2n) is 9.44. The Hall–Kier alpha value is -5.19. The van der Waals surface area contributed by atoms with Gasteiger partial charge in [-0.15, -0.1) is 0 Å². The van der Waals surface area contributed by atoms with E-state index in [1.54, 1.807) is 0 Å². The summed E-state index contributed by atoms with van der Waals surface area (Å²) in [5, 5.41) is 15.2. The predicted molar refractivity (Wildman–Crippen MR) is 163 cm³/mol. The quantitative estimate of drug-likeness (QED) is 0.135. The number of aromatic amines is 1. The molecule has 0 bridgehead atoms. The van der Waals surface area contributed by atoms with Gasteiger partial charge < -0.3 is 4.98 Å². The number of nitrogens with one attached hydrogen (secondary N) is 1. The van der Waals surface area contributed by atoms with Gasteiger partial charge in [0.05, 0.1) is 11.4 Å². The smallest absolute Gasteiger partial charge is 0.270 e. The lowest BCUT2D eigenvalue weighted by Crippen LogP contribution is -2.38. The van der Waals surface area contributed by atoms with E-state index in [1.165, 1.54) is 11.8 Å². The lowest BCUT2D eigenvalue weighted by Gasteiger charge is -2.36. The average Bonchev–Trinajstić information content (AvgIpc) is 3.53. The van der Waals surface area contributed by atoms with Crippen molar-refractivity contribution in [2.75, 3.05) is 6.26 Å². The first-order chi connectivity index (χ1) is 20.1. The largest absolute Gasteiger partial charge is 0.300 e. The minimum absolute atomic E-state index is 0.00167. The first kappa shape index (κ1) is 26.1. The van der Waals surface area contributed by atoms with E-state index < -0.39 is 11.1 Å². The summed E-state index contributed by atoms with van der Waals surface area (Å²) in [6.45, 7) is 0. The Balaban J connectivity index is 1.48. The number of H-pyrrole nitrogens is 1. The van der Waals surface area contributed by atoms with Gasteiger partial charge in [-0.3, -0.25) is 9.48 Å². The second kappa shape index (κ2) is 11.1. The number of aromatic nitrogens is 4. The van der Waals surface area contributed by atoms with E-state index in [4.69, 9.17) is 5.10 Å². The monoisotopic (exact) mass is 551 g/mol. The molecule has 7 heteroatoms. The molecule has 0 amide bonds. The molecule has 41 heavy (non-hydrogen) atoms. The molecule has 0 aliphatic rings. The molecule has 198 valence electrons. The summed E-state index contributed by atoms with van der Waals surface area (Å²) in [4.78, 5) is 19.6. The number of benzene rings is 4. The fourth-order valence-electron chi connectivity index (χ4n) is 5.26. The summed E-state index contributed by atoms with van der Waals surface area (Å²) in [6.07, 6.45) is 3.85. The van der Waals surface area contributed by atoms with E-state index in [0.29, 0.717) is 16.4 Å². The zero-order chi connectivity index (χ0) is 28.2. The molecule has 0 aliphatic heterocycles. The standard InChI is InChI=1S/C34H25N5OS/c1-41-33-36-31(29(23-35)32(40)37-33)25-19-17-24(18-20-25)30-21-22-39(38-30)34(26-11-5-2-6-12-26,27-13-7-3-8-14-27)28-15-9-4-10-16-28/h2-22H,1H3,(H,36,37,40). The summed E-state index contributed by atoms with van der Waals surface area (Å²) in [5.74, 6) is 0. The number of nitrogens with zero attached hydrogens (tertiary/aromatic N) is 4. The molecule has 1 N–H and O–H groups in total. The van der Waals surface area contributed by atoms with Crippen molar-refractivity contribution in [3.05, 3.63) is 160 Å². The van der Waals surface area contributed by atoms with Crippen molar-refractivity contribution in [3.8, 4) is 28.6 Å². The van der Waals surface area contributed by atoms with Gasteiger partial charge in [-0.1, -0.05) is 127 Å². The molecular weight excluding hydrogens is 526 g/mol. The summed E-state index contributed by atoms with van der Waals surface area (Å²) < 4.78 is 2.03. The zero-order valence-corrected chi connectivity index (χ0v) is 23.0. The van der Waals surface area contributed by atoms with Crippen LogP contribution in [-0.4, -0.2) is 26.0 Å². The minimum atomic E-state index is -0.702. The van der Waals surface area contributed by atoms with Crippen molar-refractivity contribution in [1.29, 1.82) is 5.26 Å². The molecule has 6 rings (SSSR count). The second-order valence-corrected chi connectivity index (χ2v) is 10.2. The maximum Gasteiger partial charge on any atom is 0.270 e. The Morgan fingerprint density at radius 2 is 1.27 bits per heavy atom. The molecule has 6 nitrogen and oxygen atoms in total. The highest BCUT2D eigenvalue weighted by atomic mass is 32.2. The molecule has 2 heterocycles. The summed E-state index contributed by atoms with van der Waals surface area (Å²) in [7, 11) is 0. The highest BCUT2D eigenvalue weighted by molar-refractivity contribution is 7.98. The van der Waals surface area contributed by atoms with Gasteiger partial charge in [-0.05, 0) is 29.0 Å². The van der Waals surface area contributed by atoms with E-state index >= 15 is 0 Å². The Morgan fingerprint density at radius 3 is 1.76 bits per heavy atom. The molecule has 0 saturated heterocycles. The maximum absolute atomic E-state index is 12.4. The average molecular weight is 552 g/mol. The van der Waals surface area contributed by atoms with Crippen LogP contribution in [0.4, 0.5) is 0 Å². The van der Waals surface area contributed by atoms with Gasteiger partial charge in [0.2, 0.25) is 0 Å². The minimum Gasteiger partial charge on any atom is -0.300 e. The van der Waals surface area contributed by atoms with Crippen LogP contribution >= 0.6 is 11.8 Å². The van der Waals surface area contributed by atoms with Crippen LogP contribution in [0.5, 0.6) is 0 Å². The number of hydrogen-bond donors (Lipinski definition) is 1. The van der Waals surface area contributed by atoms with Crippen LogP contribution in [0.2, 0.25) is 0 Å². The predicted octanol–water partition coefficient (Wildman–Crippen LogP) is 6.73. The molecule has 0 saturated carbocycles. The number of rotatable bonds is 7. The third-order valence-corrected chi connectivity index (χ3v) is 7.74. The first-order valence-corrected chi connectivity index (χ1v) is 14.3. The molecule has 4 aromatic carbocycles. The van der Waals surface area contributed by atoms with Crippen LogP contribution < -0.4 is 5.56 Å². The normalized spacial score (nSPS) is 11.2. The highest BCUT2D eigenvalue weighted by Crippen LogP contribution is 2.41. The molecule has 0 unspecified atom stereocenters. The molecular formula is C34H25N5OS. The Bertz CT molecular complexity index is 1790. The van der Waals surface area contributed by atoms with Crippen LogP contribution in [-0.2, 0) is 5.54 Å². The molecule has 2 aromatic heterocycles. The van der Waals surface area contributed by atoms with Gasteiger partial charge in [0.25, 0.3) is 5.56 Å². The maximum atomic E-state index is 12.4. The zero-order valence-electron chi connectivity index (χ0n) is 22.2. The van der Waals surface area contributed by atoms with Crippen molar-refractivity contribution >= 4 is 11.8 Å². The van der Waals surface area contributed by atoms with Gasteiger partial charge in [0.15, 0.2) is 5.16 Å². The van der Waals surface area contributed by atoms with E-state index in [-0.39, 0.29) is 5.56 Å². The van der Waals surface area contributed by atoms with E-state index in [0.717, 1.165) is 27.9 Å². The Labute approximate surface area is 242 Å². The van der Waals surface area contributed by atoms with Crippen LogP contribution in [0.1, 0.15) is 22.3 Å². The highest BCUT2D eigenvalue weighted by Gasteiger charge is 2.39. The van der Waals surface area contributed by atoms with Crippen LogP contribution in [0.3, 0.4) is 0 Å². The molecule has 0 aliphatic carbocycles. The lowest BCUT2D eigenvalue weighted by atomic mass is 9.77. The van der Waals surface area contributed by atoms with Gasteiger partial charge >= 0.3 is 0 Å². The van der Waals surface area contributed by atoms with Crippen molar-refractivity contribution in [3.63, 3.8) is 0 Å². The molecule has 0 spiro atoms. The Morgan fingerprint density at radius 1 is 0.756 bits per heavy atom.